The Morgan fingerprint density at radius 3 is 2.96 bits per heavy atom. The summed E-state index contributed by atoms with van der Waals surface area (Å²) in [7, 11) is 0. The lowest BCUT2D eigenvalue weighted by molar-refractivity contribution is 0.905. The van der Waals surface area contributed by atoms with Crippen molar-refractivity contribution < 1.29 is 0 Å². The van der Waals surface area contributed by atoms with Crippen molar-refractivity contribution in [2.45, 2.75) is 13.3 Å². The summed E-state index contributed by atoms with van der Waals surface area (Å²) in [5.74, 6) is 0. The van der Waals surface area contributed by atoms with Gasteiger partial charge in [0.25, 0.3) is 0 Å². The second-order valence-electron chi connectivity index (χ2n) is 5.69. The van der Waals surface area contributed by atoms with Crippen LogP contribution in [0, 0.1) is 11.3 Å². The third-order valence-corrected chi connectivity index (χ3v) is 4.48. The molecule has 4 rings (SSSR count). The summed E-state index contributed by atoms with van der Waals surface area (Å²) < 4.78 is 1.76. The van der Waals surface area contributed by atoms with E-state index in [0.29, 0.717) is 10.6 Å². The Morgan fingerprint density at radius 1 is 1.28 bits per heavy atom. The first-order valence-corrected chi connectivity index (χ1v) is 8.29. The SMILES string of the molecule is CCc1ccc(Cl)cc1-c1[nH]c(-c2ncnn3cccc23)cc1C#N. The molecule has 1 aromatic carbocycles. The van der Waals surface area contributed by atoms with E-state index >= 15 is 0 Å². The Balaban J connectivity index is 1.94. The van der Waals surface area contributed by atoms with Gasteiger partial charge in [0.2, 0.25) is 0 Å². The van der Waals surface area contributed by atoms with Crippen molar-refractivity contribution in [1.82, 2.24) is 19.6 Å². The summed E-state index contributed by atoms with van der Waals surface area (Å²) in [4.78, 5) is 7.76. The largest absolute Gasteiger partial charge is 0.352 e. The van der Waals surface area contributed by atoms with Gasteiger partial charge in [0.05, 0.1) is 22.5 Å². The molecule has 6 heteroatoms. The summed E-state index contributed by atoms with van der Waals surface area (Å²) in [6.45, 7) is 2.08. The number of aromatic nitrogens is 4. The quantitative estimate of drug-likeness (QED) is 0.594. The molecule has 0 amide bonds. The number of fused-ring (bicyclic) bond motifs is 1. The lowest BCUT2D eigenvalue weighted by Crippen LogP contribution is -1.95. The number of H-pyrrole nitrogens is 1. The fourth-order valence-electron chi connectivity index (χ4n) is 3.05. The molecule has 1 N–H and O–H groups in total. The second kappa shape index (κ2) is 6.08. The molecule has 0 fully saturated rings. The number of hydrogen-bond acceptors (Lipinski definition) is 3. The lowest BCUT2D eigenvalue weighted by atomic mass is 10.0. The zero-order chi connectivity index (χ0) is 17.4. The molecule has 0 aliphatic rings. The van der Waals surface area contributed by atoms with Gasteiger partial charge in [-0.2, -0.15) is 10.4 Å². The molecule has 4 aromatic rings. The maximum Gasteiger partial charge on any atom is 0.137 e. The van der Waals surface area contributed by atoms with Gasteiger partial charge in [0.1, 0.15) is 18.1 Å². The highest BCUT2D eigenvalue weighted by Crippen LogP contribution is 2.33. The van der Waals surface area contributed by atoms with Gasteiger partial charge < -0.3 is 4.98 Å². The minimum absolute atomic E-state index is 0.565. The molecule has 0 radical (unpaired) electrons. The second-order valence-corrected chi connectivity index (χ2v) is 6.12. The molecule has 0 aliphatic heterocycles. The van der Waals surface area contributed by atoms with Gasteiger partial charge in [-0.1, -0.05) is 24.6 Å². The first-order chi connectivity index (χ1) is 12.2. The van der Waals surface area contributed by atoms with Crippen molar-refractivity contribution in [3.63, 3.8) is 0 Å². The molecule has 0 saturated carbocycles. The maximum atomic E-state index is 9.61. The van der Waals surface area contributed by atoms with E-state index < -0.39 is 0 Å². The first-order valence-electron chi connectivity index (χ1n) is 7.92. The molecule has 0 spiro atoms. The van der Waals surface area contributed by atoms with Crippen molar-refractivity contribution >= 4 is 17.1 Å². The van der Waals surface area contributed by atoms with Crippen LogP contribution in [-0.4, -0.2) is 19.6 Å². The van der Waals surface area contributed by atoms with Crippen LogP contribution in [0.5, 0.6) is 0 Å². The average molecular weight is 348 g/mol. The molecule has 25 heavy (non-hydrogen) atoms. The molecule has 0 bridgehead atoms. The molecule has 5 nitrogen and oxygen atoms in total. The number of rotatable bonds is 3. The molecule has 3 heterocycles. The van der Waals surface area contributed by atoms with Crippen LogP contribution in [0.15, 0.2) is 48.9 Å². The maximum absolute atomic E-state index is 9.61. The summed E-state index contributed by atoms with van der Waals surface area (Å²) in [6.07, 6.45) is 4.22. The van der Waals surface area contributed by atoms with Gasteiger partial charge >= 0.3 is 0 Å². The van der Waals surface area contributed by atoms with E-state index in [1.807, 2.05) is 42.6 Å². The molecule has 0 saturated heterocycles. The minimum atomic E-state index is 0.565. The standard InChI is InChI=1S/C19H14ClN5/c1-2-12-5-6-14(20)9-15(12)18-13(10-21)8-16(24-18)19-17-4-3-7-25(17)23-11-22-19/h3-9,11,24H,2H2,1H3. The zero-order valence-electron chi connectivity index (χ0n) is 13.5. The number of nitrogens with one attached hydrogen (secondary N) is 1. The number of aryl methyl sites for hydroxylation is 1. The highest BCUT2D eigenvalue weighted by atomic mass is 35.5. The van der Waals surface area contributed by atoms with E-state index in [4.69, 9.17) is 11.6 Å². The molecule has 3 aromatic heterocycles. The van der Waals surface area contributed by atoms with Crippen LogP contribution in [-0.2, 0) is 6.42 Å². The smallest absolute Gasteiger partial charge is 0.137 e. The number of halogens is 1. The Kier molecular flexibility index (Phi) is 3.75. The third-order valence-electron chi connectivity index (χ3n) is 4.25. The molecular weight excluding hydrogens is 334 g/mol. The van der Waals surface area contributed by atoms with E-state index in [-0.39, 0.29) is 0 Å². The van der Waals surface area contributed by atoms with Gasteiger partial charge in [-0.3, -0.25) is 0 Å². The number of aromatic amines is 1. The Bertz CT molecular complexity index is 1120. The van der Waals surface area contributed by atoms with Gasteiger partial charge in [0.15, 0.2) is 0 Å². The van der Waals surface area contributed by atoms with Crippen molar-refractivity contribution in [3.05, 3.63) is 65.1 Å². The van der Waals surface area contributed by atoms with E-state index in [1.54, 1.807) is 4.52 Å². The van der Waals surface area contributed by atoms with Crippen LogP contribution < -0.4 is 0 Å². The summed E-state index contributed by atoms with van der Waals surface area (Å²) >= 11 is 6.19. The Labute approximate surface area is 149 Å². The number of nitriles is 1. The Morgan fingerprint density at radius 2 is 2.16 bits per heavy atom. The van der Waals surface area contributed by atoms with Gasteiger partial charge in [-0.05, 0) is 42.3 Å². The molecule has 0 atom stereocenters. The van der Waals surface area contributed by atoms with Crippen LogP contribution in [0.25, 0.3) is 28.2 Å². The van der Waals surface area contributed by atoms with E-state index in [1.165, 1.54) is 6.33 Å². The van der Waals surface area contributed by atoms with Gasteiger partial charge in [-0.25, -0.2) is 9.50 Å². The molecule has 122 valence electrons. The topological polar surface area (TPSA) is 69.8 Å². The summed E-state index contributed by atoms with van der Waals surface area (Å²) in [5.41, 5.74) is 5.81. The lowest BCUT2D eigenvalue weighted by Gasteiger charge is -2.08. The minimum Gasteiger partial charge on any atom is -0.352 e. The van der Waals surface area contributed by atoms with Crippen LogP contribution in [0.4, 0.5) is 0 Å². The van der Waals surface area contributed by atoms with E-state index in [2.05, 4.69) is 28.1 Å². The van der Waals surface area contributed by atoms with Crippen LogP contribution in [0.1, 0.15) is 18.1 Å². The number of benzene rings is 1. The first kappa shape index (κ1) is 15.4. The van der Waals surface area contributed by atoms with Crippen molar-refractivity contribution in [3.8, 4) is 28.7 Å². The van der Waals surface area contributed by atoms with Gasteiger partial charge in [0, 0.05) is 16.8 Å². The fraction of sp³-hybridized carbons (Fsp3) is 0.105. The van der Waals surface area contributed by atoms with Crippen LogP contribution in [0.2, 0.25) is 5.02 Å². The predicted octanol–water partition coefficient (Wildman–Crippen LogP) is 4.48. The van der Waals surface area contributed by atoms with Crippen LogP contribution in [0.3, 0.4) is 0 Å². The summed E-state index contributed by atoms with van der Waals surface area (Å²) in [6, 6.07) is 13.7. The highest BCUT2D eigenvalue weighted by Gasteiger charge is 2.16. The van der Waals surface area contributed by atoms with Crippen molar-refractivity contribution in [1.29, 1.82) is 5.26 Å². The average Bonchev–Trinajstić information content (AvgIpc) is 3.28. The van der Waals surface area contributed by atoms with Gasteiger partial charge in [-0.15, -0.1) is 0 Å². The molecule has 0 unspecified atom stereocenters. The van der Waals surface area contributed by atoms with Crippen LogP contribution >= 0.6 is 11.6 Å². The zero-order valence-corrected chi connectivity index (χ0v) is 14.2. The normalized spacial score (nSPS) is 10.9. The molecule has 0 aliphatic carbocycles. The fourth-order valence-corrected chi connectivity index (χ4v) is 3.22. The highest BCUT2D eigenvalue weighted by molar-refractivity contribution is 6.30. The Hall–Kier alpha value is -3.10. The van der Waals surface area contributed by atoms with Crippen molar-refractivity contribution in [2.24, 2.45) is 0 Å². The predicted molar refractivity (Wildman–Crippen MR) is 97.3 cm³/mol. The van der Waals surface area contributed by atoms with E-state index in [9.17, 15) is 5.26 Å². The monoisotopic (exact) mass is 347 g/mol. The third kappa shape index (κ3) is 2.57. The molecular formula is C19H14ClN5. The van der Waals surface area contributed by atoms with Crippen molar-refractivity contribution in [2.75, 3.05) is 0 Å². The number of hydrogen-bond donors (Lipinski definition) is 1. The van der Waals surface area contributed by atoms with E-state index in [0.717, 1.165) is 40.1 Å². The number of nitrogens with zero attached hydrogens (tertiary/aromatic N) is 4. The summed E-state index contributed by atoms with van der Waals surface area (Å²) in [5, 5.41) is 14.4.